The second kappa shape index (κ2) is 5.59. The predicted octanol–water partition coefficient (Wildman–Crippen LogP) is 1.58. The minimum Gasteiger partial charge on any atom is -0.504 e. The highest BCUT2D eigenvalue weighted by Gasteiger charge is 2.22. The van der Waals surface area contributed by atoms with Gasteiger partial charge < -0.3 is 15.2 Å². The lowest BCUT2D eigenvalue weighted by Gasteiger charge is -2.37. The van der Waals surface area contributed by atoms with Crippen LogP contribution in [0.1, 0.15) is 19.4 Å². The van der Waals surface area contributed by atoms with Gasteiger partial charge in [-0.05, 0) is 31.5 Å². The van der Waals surface area contributed by atoms with Gasteiger partial charge in [-0.15, -0.1) is 0 Å². The third-order valence-electron chi connectivity index (χ3n) is 3.52. The van der Waals surface area contributed by atoms with Gasteiger partial charge in [0, 0.05) is 31.7 Å². The Morgan fingerprint density at radius 2 is 2.22 bits per heavy atom. The molecule has 1 aromatic carbocycles. The molecule has 100 valence electrons. The number of hydrogen-bond acceptors (Lipinski definition) is 4. The van der Waals surface area contributed by atoms with Crippen LogP contribution in [0.3, 0.4) is 0 Å². The van der Waals surface area contributed by atoms with Crippen molar-refractivity contribution in [3.8, 4) is 11.5 Å². The maximum Gasteiger partial charge on any atom is 0.160 e. The van der Waals surface area contributed by atoms with Crippen LogP contribution in [0.5, 0.6) is 11.5 Å². The van der Waals surface area contributed by atoms with Crippen LogP contribution in [-0.2, 0) is 6.54 Å². The number of nitrogens with zero attached hydrogens (tertiary/aromatic N) is 1. The van der Waals surface area contributed by atoms with E-state index in [1.54, 1.807) is 13.2 Å². The lowest BCUT2D eigenvalue weighted by atomic mass is 10.1. The van der Waals surface area contributed by atoms with E-state index in [2.05, 4.69) is 24.1 Å². The molecule has 18 heavy (non-hydrogen) atoms. The Morgan fingerprint density at radius 1 is 1.44 bits per heavy atom. The van der Waals surface area contributed by atoms with Crippen molar-refractivity contribution in [2.45, 2.75) is 32.5 Å². The van der Waals surface area contributed by atoms with E-state index in [0.29, 0.717) is 17.8 Å². The lowest BCUT2D eigenvalue weighted by molar-refractivity contribution is 0.138. The summed E-state index contributed by atoms with van der Waals surface area (Å²) in [5, 5.41) is 13.2. The number of hydrogen-bond donors (Lipinski definition) is 2. The average molecular weight is 250 g/mol. The second-order valence-corrected chi connectivity index (χ2v) is 5.09. The molecule has 0 spiro atoms. The molecule has 2 rings (SSSR count). The summed E-state index contributed by atoms with van der Waals surface area (Å²) in [7, 11) is 1.56. The van der Waals surface area contributed by atoms with E-state index in [1.165, 1.54) is 0 Å². The van der Waals surface area contributed by atoms with E-state index in [9.17, 15) is 5.11 Å². The molecule has 4 nitrogen and oxygen atoms in total. The minimum atomic E-state index is 0.214. The molecule has 2 unspecified atom stereocenters. The maximum atomic E-state index is 9.78. The van der Waals surface area contributed by atoms with Gasteiger partial charge in [0.1, 0.15) is 0 Å². The summed E-state index contributed by atoms with van der Waals surface area (Å²) in [5.74, 6) is 0.742. The highest BCUT2D eigenvalue weighted by molar-refractivity contribution is 5.41. The number of rotatable bonds is 3. The van der Waals surface area contributed by atoms with Gasteiger partial charge in [-0.25, -0.2) is 0 Å². The fourth-order valence-electron chi connectivity index (χ4n) is 2.39. The fourth-order valence-corrected chi connectivity index (χ4v) is 2.39. The van der Waals surface area contributed by atoms with E-state index in [-0.39, 0.29) is 5.75 Å². The molecule has 0 aromatic heterocycles. The number of phenols is 1. The molecule has 1 aliphatic heterocycles. The van der Waals surface area contributed by atoms with Crippen molar-refractivity contribution >= 4 is 0 Å². The van der Waals surface area contributed by atoms with E-state index in [0.717, 1.165) is 25.2 Å². The fraction of sp³-hybridized carbons (Fsp3) is 0.571. The van der Waals surface area contributed by atoms with Crippen LogP contribution >= 0.6 is 0 Å². The highest BCUT2D eigenvalue weighted by Crippen LogP contribution is 2.27. The van der Waals surface area contributed by atoms with E-state index < -0.39 is 0 Å². The number of ether oxygens (including phenoxy) is 1. The summed E-state index contributed by atoms with van der Waals surface area (Å²) >= 11 is 0. The molecular weight excluding hydrogens is 228 g/mol. The number of methoxy groups -OCH3 is 1. The van der Waals surface area contributed by atoms with Crippen LogP contribution in [-0.4, -0.2) is 42.3 Å². The van der Waals surface area contributed by atoms with Gasteiger partial charge in [-0.3, -0.25) is 4.90 Å². The normalized spacial score (nSPS) is 25.1. The first-order chi connectivity index (χ1) is 8.60. The van der Waals surface area contributed by atoms with Crippen LogP contribution in [0.15, 0.2) is 18.2 Å². The number of piperazine rings is 1. The van der Waals surface area contributed by atoms with Crippen molar-refractivity contribution in [1.82, 2.24) is 10.2 Å². The molecule has 2 N–H and O–H groups in total. The SMILES string of the molecule is COc1ccc(CN2CC(C)NCC2C)cc1O. The molecule has 4 heteroatoms. The number of benzene rings is 1. The zero-order valence-corrected chi connectivity index (χ0v) is 11.3. The largest absolute Gasteiger partial charge is 0.504 e. The molecule has 0 radical (unpaired) electrons. The third-order valence-corrected chi connectivity index (χ3v) is 3.52. The topological polar surface area (TPSA) is 44.7 Å². The zero-order chi connectivity index (χ0) is 13.1. The van der Waals surface area contributed by atoms with Gasteiger partial charge in [0.2, 0.25) is 0 Å². The smallest absolute Gasteiger partial charge is 0.160 e. The molecule has 1 aromatic rings. The molecule has 0 aliphatic carbocycles. The van der Waals surface area contributed by atoms with Gasteiger partial charge in [0.05, 0.1) is 7.11 Å². The first-order valence-electron chi connectivity index (χ1n) is 6.43. The molecule has 0 saturated carbocycles. The van der Waals surface area contributed by atoms with Crippen molar-refractivity contribution in [2.24, 2.45) is 0 Å². The number of nitrogens with one attached hydrogen (secondary N) is 1. The molecule has 0 amide bonds. The summed E-state index contributed by atoms with van der Waals surface area (Å²) < 4.78 is 5.05. The van der Waals surface area contributed by atoms with Gasteiger partial charge >= 0.3 is 0 Å². The Hall–Kier alpha value is -1.26. The summed E-state index contributed by atoms with van der Waals surface area (Å²) in [6.07, 6.45) is 0. The monoisotopic (exact) mass is 250 g/mol. The molecule has 1 aliphatic rings. The standard InChI is InChI=1S/C14H22N2O2/c1-10-8-16(11(2)7-15-10)9-12-4-5-14(18-3)13(17)6-12/h4-6,10-11,15,17H,7-9H2,1-3H3. The van der Waals surface area contributed by atoms with Crippen molar-refractivity contribution in [3.63, 3.8) is 0 Å². The Kier molecular flexibility index (Phi) is 4.09. The third kappa shape index (κ3) is 2.94. The Morgan fingerprint density at radius 3 is 2.89 bits per heavy atom. The maximum absolute atomic E-state index is 9.78. The highest BCUT2D eigenvalue weighted by atomic mass is 16.5. The average Bonchev–Trinajstić information content (AvgIpc) is 2.34. The van der Waals surface area contributed by atoms with Crippen LogP contribution in [0.2, 0.25) is 0 Å². The van der Waals surface area contributed by atoms with Crippen molar-refractivity contribution in [2.75, 3.05) is 20.2 Å². The molecule has 1 fully saturated rings. The predicted molar refractivity (Wildman–Crippen MR) is 72.0 cm³/mol. The molecule has 2 atom stereocenters. The summed E-state index contributed by atoms with van der Waals surface area (Å²) in [5.41, 5.74) is 1.12. The first kappa shape index (κ1) is 13.2. The van der Waals surface area contributed by atoms with Crippen LogP contribution in [0.4, 0.5) is 0 Å². The molecule has 0 bridgehead atoms. The van der Waals surface area contributed by atoms with Crippen LogP contribution < -0.4 is 10.1 Å². The zero-order valence-electron chi connectivity index (χ0n) is 11.3. The van der Waals surface area contributed by atoms with Gasteiger partial charge in [0.25, 0.3) is 0 Å². The lowest BCUT2D eigenvalue weighted by Crippen LogP contribution is -2.53. The van der Waals surface area contributed by atoms with E-state index >= 15 is 0 Å². The van der Waals surface area contributed by atoms with Gasteiger partial charge in [0.15, 0.2) is 11.5 Å². The van der Waals surface area contributed by atoms with Crippen molar-refractivity contribution in [3.05, 3.63) is 23.8 Å². The van der Waals surface area contributed by atoms with Gasteiger partial charge in [-0.2, -0.15) is 0 Å². The molecule has 1 saturated heterocycles. The quantitative estimate of drug-likeness (QED) is 0.855. The minimum absolute atomic E-state index is 0.214. The Balaban J connectivity index is 2.06. The summed E-state index contributed by atoms with van der Waals surface area (Å²) in [6, 6.07) is 6.66. The molecular formula is C14H22N2O2. The van der Waals surface area contributed by atoms with E-state index in [4.69, 9.17) is 4.74 Å². The van der Waals surface area contributed by atoms with Crippen LogP contribution in [0, 0.1) is 0 Å². The van der Waals surface area contributed by atoms with Crippen molar-refractivity contribution in [1.29, 1.82) is 0 Å². The molecule has 1 heterocycles. The Bertz CT molecular complexity index is 409. The van der Waals surface area contributed by atoms with Crippen LogP contribution in [0.25, 0.3) is 0 Å². The second-order valence-electron chi connectivity index (χ2n) is 5.09. The number of phenolic OH excluding ortho intramolecular Hbond substituents is 1. The Labute approximate surface area is 109 Å². The summed E-state index contributed by atoms with van der Waals surface area (Å²) in [4.78, 5) is 2.43. The first-order valence-corrected chi connectivity index (χ1v) is 6.43. The summed E-state index contributed by atoms with van der Waals surface area (Å²) in [6.45, 7) is 7.34. The van der Waals surface area contributed by atoms with Gasteiger partial charge in [-0.1, -0.05) is 6.07 Å². The van der Waals surface area contributed by atoms with Crippen molar-refractivity contribution < 1.29 is 9.84 Å². The van der Waals surface area contributed by atoms with E-state index in [1.807, 2.05) is 12.1 Å². The number of aromatic hydroxyl groups is 1.